The third kappa shape index (κ3) is 2.83. The number of rotatable bonds is 2. The lowest BCUT2D eigenvalue weighted by Crippen LogP contribution is -2.45. The van der Waals surface area contributed by atoms with E-state index in [4.69, 9.17) is 10.00 Å². The molecule has 0 unspecified atom stereocenters. The summed E-state index contributed by atoms with van der Waals surface area (Å²) in [6.07, 6.45) is 0.149. The van der Waals surface area contributed by atoms with Crippen molar-refractivity contribution in [3.63, 3.8) is 0 Å². The van der Waals surface area contributed by atoms with Crippen LogP contribution in [0.15, 0.2) is 18.2 Å². The predicted octanol–water partition coefficient (Wildman–Crippen LogP) is 2.08. The summed E-state index contributed by atoms with van der Waals surface area (Å²) in [6, 6.07) is 6.42. The molecule has 0 aromatic heterocycles. The van der Waals surface area contributed by atoms with Crippen LogP contribution in [0.4, 0.5) is 11.4 Å². The minimum atomic E-state index is -0.491. The molecule has 0 bridgehead atoms. The summed E-state index contributed by atoms with van der Waals surface area (Å²) in [4.78, 5) is 12.3. The van der Waals surface area contributed by atoms with E-state index in [2.05, 4.69) is 0 Å². The lowest BCUT2D eigenvalue weighted by molar-refractivity contribution is -0.384. The van der Waals surface area contributed by atoms with Crippen molar-refractivity contribution < 1.29 is 9.66 Å². The number of ether oxygens (including phenoxy) is 1. The fourth-order valence-corrected chi connectivity index (χ4v) is 2.38. The van der Waals surface area contributed by atoms with Crippen LogP contribution >= 0.6 is 0 Å². The van der Waals surface area contributed by atoms with Gasteiger partial charge in [0.1, 0.15) is 6.07 Å². The van der Waals surface area contributed by atoms with Crippen LogP contribution < -0.4 is 4.90 Å². The molecule has 1 heterocycles. The minimum Gasteiger partial charge on any atom is -0.372 e. The number of morpholine rings is 1. The second-order valence-corrected chi connectivity index (χ2v) is 4.73. The first kappa shape index (κ1) is 13.3. The van der Waals surface area contributed by atoms with Gasteiger partial charge in [-0.1, -0.05) is 0 Å². The molecule has 0 saturated carbocycles. The number of benzene rings is 1. The highest BCUT2D eigenvalue weighted by molar-refractivity contribution is 5.63. The molecule has 1 saturated heterocycles. The molecule has 0 spiro atoms. The number of hydrogen-bond acceptors (Lipinski definition) is 5. The minimum absolute atomic E-state index is 0.0605. The zero-order valence-corrected chi connectivity index (χ0v) is 10.9. The molecule has 0 aliphatic carbocycles. The Balaban J connectivity index is 2.34. The molecule has 1 aliphatic rings. The van der Waals surface area contributed by atoms with Crippen molar-refractivity contribution in [2.75, 3.05) is 18.0 Å². The molecule has 0 amide bonds. The fourth-order valence-electron chi connectivity index (χ4n) is 2.38. The normalized spacial score (nSPS) is 22.9. The van der Waals surface area contributed by atoms with Gasteiger partial charge in [-0.2, -0.15) is 5.26 Å². The van der Waals surface area contributed by atoms with E-state index in [1.54, 1.807) is 6.07 Å². The Bertz CT molecular complexity index is 528. The molecular weight excluding hydrogens is 246 g/mol. The Morgan fingerprint density at radius 1 is 1.42 bits per heavy atom. The maximum absolute atomic E-state index is 10.7. The number of nitriles is 1. The average Bonchev–Trinajstić information content (AvgIpc) is 2.36. The first-order valence-corrected chi connectivity index (χ1v) is 6.10. The average molecular weight is 261 g/mol. The van der Waals surface area contributed by atoms with Crippen molar-refractivity contribution in [1.82, 2.24) is 0 Å². The van der Waals surface area contributed by atoms with Crippen molar-refractivity contribution in [3.05, 3.63) is 33.9 Å². The smallest absolute Gasteiger partial charge is 0.270 e. The van der Waals surface area contributed by atoms with Crippen LogP contribution in [0.3, 0.4) is 0 Å². The Morgan fingerprint density at radius 2 is 2.05 bits per heavy atom. The molecule has 6 nitrogen and oxygen atoms in total. The highest BCUT2D eigenvalue weighted by atomic mass is 16.6. The van der Waals surface area contributed by atoms with Crippen LogP contribution in [0, 0.1) is 21.4 Å². The summed E-state index contributed by atoms with van der Waals surface area (Å²) in [5.41, 5.74) is 1.00. The Labute approximate surface area is 111 Å². The lowest BCUT2D eigenvalue weighted by atomic mass is 10.1. The molecule has 1 aliphatic heterocycles. The van der Waals surface area contributed by atoms with E-state index in [9.17, 15) is 10.1 Å². The molecule has 0 N–H and O–H groups in total. The maximum atomic E-state index is 10.7. The highest BCUT2D eigenvalue weighted by Crippen LogP contribution is 2.27. The van der Waals surface area contributed by atoms with Gasteiger partial charge in [0.05, 0.1) is 28.4 Å². The maximum Gasteiger partial charge on any atom is 0.270 e. The van der Waals surface area contributed by atoms with E-state index in [0.29, 0.717) is 18.7 Å². The van der Waals surface area contributed by atoms with E-state index in [0.717, 1.165) is 5.69 Å². The molecule has 19 heavy (non-hydrogen) atoms. The molecule has 100 valence electrons. The molecule has 2 atom stereocenters. The van der Waals surface area contributed by atoms with Gasteiger partial charge in [0.15, 0.2) is 0 Å². The number of non-ortho nitro benzene ring substituents is 1. The van der Waals surface area contributed by atoms with E-state index in [1.165, 1.54) is 12.1 Å². The molecule has 1 aromatic carbocycles. The SMILES string of the molecule is C[C@@H]1CN(c2ccc([N+](=O)[O-])cc2C#N)C[C@H](C)O1. The van der Waals surface area contributed by atoms with Crippen LogP contribution in [0.5, 0.6) is 0 Å². The van der Waals surface area contributed by atoms with Gasteiger partial charge in [-0.05, 0) is 19.9 Å². The first-order valence-electron chi connectivity index (χ1n) is 6.10. The Hall–Kier alpha value is -2.13. The summed E-state index contributed by atoms with van der Waals surface area (Å²) in [5.74, 6) is 0. The summed E-state index contributed by atoms with van der Waals surface area (Å²) < 4.78 is 5.64. The third-order valence-corrected chi connectivity index (χ3v) is 3.07. The number of hydrogen-bond donors (Lipinski definition) is 0. The molecule has 1 aromatic rings. The van der Waals surface area contributed by atoms with E-state index in [-0.39, 0.29) is 17.9 Å². The fraction of sp³-hybridized carbons (Fsp3) is 0.462. The predicted molar refractivity (Wildman–Crippen MR) is 70.0 cm³/mol. The van der Waals surface area contributed by atoms with Crippen molar-refractivity contribution in [1.29, 1.82) is 5.26 Å². The first-order chi connectivity index (χ1) is 9.01. The van der Waals surface area contributed by atoms with Gasteiger partial charge in [-0.25, -0.2) is 0 Å². The zero-order valence-electron chi connectivity index (χ0n) is 10.9. The van der Waals surface area contributed by atoms with E-state index in [1.807, 2.05) is 24.8 Å². The topological polar surface area (TPSA) is 79.4 Å². The van der Waals surface area contributed by atoms with Gasteiger partial charge < -0.3 is 9.64 Å². The van der Waals surface area contributed by atoms with E-state index >= 15 is 0 Å². The van der Waals surface area contributed by atoms with Gasteiger partial charge in [-0.3, -0.25) is 10.1 Å². The van der Waals surface area contributed by atoms with Crippen LogP contribution in [0.1, 0.15) is 19.4 Å². The highest BCUT2D eigenvalue weighted by Gasteiger charge is 2.24. The number of nitrogens with zero attached hydrogens (tertiary/aromatic N) is 3. The molecule has 0 radical (unpaired) electrons. The summed E-state index contributed by atoms with van der Waals surface area (Å²) in [7, 11) is 0. The third-order valence-electron chi connectivity index (χ3n) is 3.07. The van der Waals surface area contributed by atoms with E-state index < -0.39 is 4.92 Å². The lowest BCUT2D eigenvalue weighted by Gasteiger charge is -2.37. The second kappa shape index (κ2) is 5.24. The zero-order chi connectivity index (χ0) is 14.0. The standard InChI is InChI=1S/C13H15N3O3/c1-9-7-15(8-10(2)19-9)13-4-3-12(16(17)18)5-11(13)6-14/h3-5,9-10H,7-8H2,1-2H3/t9-,10+. The number of nitro benzene ring substituents is 1. The second-order valence-electron chi connectivity index (χ2n) is 4.73. The van der Waals surface area contributed by atoms with Gasteiger partial charge in [0.2, 0.25) is 0 Å². The molecular formula is C13H15N3O3. The van der Waals surface area contributed by atoms with Gasteiger partial charge in [0, 0.05) is 25.2 Å². The van der Waals surface area contributed by atoms with Crippen LogP contribution in [-0.4, -0.2) is 30.2 Å². The van der Waals surface area contributed by atoms with Crippen LogP contribution in [0.2, 0.25) is 0 Å². The summed E-state index contributed by atoms with van der Waals surface area (Å²) in [5, 5.41) is 19.9. The number of anilines is 1. The van der Waals surface area contributed by atoms with Crippen LogP contribution in [0.25, 0.3) is 0 Å². The van der Waals surface area contributed by atoms with Crippen molar-refractivity contribution in [2.45, 2.75) is 26.1 Å². The number of nitro groups is 1. The van der Waals surface area contributed by atoms with Crippen LogP contribution in [-0.2, 0) is 4.74 Å². The summed E-state index contributed by atoms with van der Waals surface area (Å²) in [6.45, 7) is 5.30. The molecule has 2 rings (SSSR count). The largest absolute Gasteiger partial charge is 0.372 e. The molecule has 1 fully saturated rings. The van der Waals surface area contributed by atoms with Crippen molar-refractivity contribution in [3.8, 4) is 6.07 Å². The van der Waals surface area contributed by atoms with Gasteiger partial charge >= 0.3 is 0 Å². The Morgan fingerprint density at radius 3 is 2.58 bits per heavy atom. The quantitative estimate of drug-likeness (QED) is 0.601. The summed E-state index contributed by atoms with van der Waals surface area (Å²) >= 11 is 0. The Kier molecular flexibility index (Phi) is 3.67. The van der Waals surface area contributed by atoms with Crippen molar-refractivity contribution >= 4 is 11.4 Å². The van der Waals surface area contributed by atoms with Crippen molar-refractivity contribution in [2.24, 2.45) is 0 Å². The molecule has 6 heteroatoms. The monoisotopic (exact) mass is 261 g/mol. The van der Waals surface area contributed by atoms with Gasteiger partial charge in [-0.15, -0.1) is 0 Å². The van der Waals surface area contributed by atoms with Gasteiger partial charge in [0.25, 0.3) is 5.69 Å².